The molecule has 2 aliphatic carbocycles. The highest BCUT2D eigenvalue weighted by Gasteiger charge is 2.44. The van der Waals surface area contributed by atoms with Crippen LogP contribution in [0.3, 0.4) is 0 Å². The Bertz CT molecular complexity index is 364. The van der Waals surface area contributed by atoms with Crippen LogP contribution in [0.5, 0.6) is 0 Å². The summed E-state index contributed by atoms with van der Waals surface area (Å²) in [6.45, 7) is 2.00. The highest BCUT2D eigenvalue weighted by Crippen LogP contribution is 2.44. The molecule has 4 heteroatoms. The third-order valence-corrected chi connectivity index (χ3v) is 3.80. The fraction of sp³-hybridized carbons (Fsp3) is 0.818. The first-order valence-corrected chi connectivity index (χ1v) is 5.81. The molecule has 15 heavy (non-hydrogen) atoms. The molecule has 4 nitrogen and oxygen atoms in total. The summed E-state index contributed by atoms with van der Waals surface area (Å²) in [6.07, 6.45) is 6.06. The smallest absolute Gasteiger partial charge is 0.246 e. The van der Waals surface area contributed by atoms with Crippen molar-refractivity contribution < 1.29 is 4.52 Å². The zero-order chi connectivity index (χ0) is 10.5. The maximum Gasteiger partial charge on any atom is 0.246 e. The lowest BCUT2D eigenvalue weighted by atomic mass is 9.85. The fourth-order valence-electron chi connectivity index (χ4n) is 2.14. The van der Waals surface area contributed by atoms with Crippen LogP contribution in [0.1, 0.15) is 56.7 Å². The van der Waals surface area contributed by atoms with Gasteiger partial charge in [0.1, 0.15) is 0 Å². The maximum atomic E-state index is 6.22. The van der Waals surface area contributed by atoms with Gasteiger partial charge in [0.05, 0.1) is 5.54 Å². The third kappa shape index (κ3) is 1.47. The Morgan fingerprint density at radius 3 is 2.60 bits per heavy atom. The van der Waals surface area contributed by atoms with Gasteiger partial charge in [-0.05, 0) is 38.5 Å². The van der Waals surface area contributed by atoms with Crippen molar-refractivity contribution in [3.05, 3.63) is 11.7 Å². The molecular weight excluding hydrogens is 190 g/mol. The molecule has 0 aromatic carbocycles. The summed E-state index contributed by atoms with van der Waals surface area (Å²) >= 11 is 0. The molecule has 3 rings (SSSR count). The molecule has 0 amide bonds. The first kappa shape index (κ1) is 9.33. The molecule has 1 aromatic heterocycles. The lowest BCUT2D eigenvalue weighted by Gasteiger charge is -2.21. The van der Waals surface area contributed by atoms with E-state index in [-0.39, 0.29) is 0 Å². The van der Waals surface area contributed by atoms with Crippen LogP contribution in [0.2, 0.25) is 0 Å². The van der Waals surface area contributed by atoms with Crippen LogP contribution in [-0.4, -0.2) is 10.1 Å². The molecule has 82 valence electrons. The van der Waals surface area contributed by atoms with Crippen molar-refractivity contribution in [3.63, 3.8) is 0 Å². The van der Waals surface area contributed by atoms with Gasteiger partial charge in [-0.2, -0.15) is 4.98 Å². The number of aromatic nitrogens is 2. The second-order valence-electron chi connectivity index (χ2n) is 5.14. The van der Waals surface area contributed by atoms with Crippen LogP contribution < -0.4 is 5.73 Å². The molecule has 0 bridgehead atoms. The van der Waals surface area contributed by atoms with Crippen LogP contribution in [0.4, 0.5) is 0 Å². The van der Waals surface area contributed by atoms with E-state index in [0.29, 0.717) is 17.7 Å². The van der Waals surface area contributed by atoms with Crippen molar-refractivity contribution in [1.82, 2.24) is 10.1 Å². The van der Waals surface area contributed by atoms with Crippen molar-refractivity contribution in [2.45, 2.75) is 50.5 Å². The molecule has 1 atom stereocenters. The van der Waals surface area contributed by atoms with Crippen LogP contribution >= 0.6 is 0 Å². The van der Waals surface area contributed by atoms with Crippen molar-refractivity contribution >= 4 is 0 Å². The normalized spacial score (nSPS) is 26.0. The summed E-state index contributed by atoms with van der Waals surface area (Å²) in [4.78, 5) is 4.46. The van der Waals surface area contributed by atoms with Gasteiger partial charge in [-0.25, -0.2) is 0 Å². The van der Waals surface area contributed by atoms with Crippen molar-refractivity contribution in [1.29, 1.82) is 0 Å². The average molecular weight is 207 g/mol. The summed E-state index contributed by atoms with van der Waals surface area (Å²) in [6, 6.07) is 0. The molecular formula is C11H17N3O. The van der Waals surface area contributed by atoms with Crippen molar-refractivity contribution in [2.75, 3.05) is 0 Å². The van der Waals surface area contributed by atoms with Gasteiger partial charge in [0.15, 0.2) is 5.82 Å². The Morgan fingerprint density at radius 1 is 1.33 bits per heavy atom. The molecule has 2 fully saturated rings. The van der Waals surface area contributed by atoms with Crippen LogP contribution in [0.25, 0.3) is 0 Å². The molecule has 1 heterocycles. The zero-order valence-electron chi connectivity index (χ0n) is 9.07. The van der Waals surface area contributed by atoms with Gasteiger partial charge in [0, 0.05) is 5.92 Å². The Kier molecular flexibility index (Phi) is 1.89. The van der Waals surface area contributed by atoms with E-state index >= 15 is 0 Å². The maximum absolute atomic E-state index is 6.22. The van der Waals surface area contributed by atoms with E-state index in [2.05, 4.69) is 10.1 Å². The topological polar surface area (TPSA) is 64.9 Å². The minimum atomic E-state index is -0.408. The van der Waals surface area contributed by atoms with Crippen molar-refractivity contribution in [3.8, 4) is 0 Å². The third-order valence-electron chi connectivity index (χ3n) is 3.80. The highest BCUT2D eigenvalue weighted by atomic mass is 16.5. The number of nitrogens with two attached hydrogens (primary N) is 1. The Morgan fingerprint density at radius 2 is 2.07 bits per heavy atom. The number of rotatable bonds is 3. The lowest BCUT2D eigenvalue weighted by molar-refractivity contribution is 0.269. The molecule has 0 spiro atoms. The Labute approximate surface area is 89.2 Å². The largest absolute Gasteiger partial charge is 0.337 e. The van der Waals surface area contributed by atoms with Gasteiger partial charge >= 0.3 is 0 Å². The summed E-state index contributed by atoms with van der Waals surface area (Å²) in [5, 5.41) is 4.05. The second-order valence-corrected chi connectivity index (χ2v) is 5.14. The monoisotopic (exact) mass is 207 g/mol. The minimum Gasteiger partial charge on any atom is -0.337 e. The first-order chi connectivity index (χ1) is 7.18. The quantitative estimate of drug-likeness (QED) is 0.822. The summed E-state index contributed by atoms with van der Waals surface area (Å²) in [5.74, 6) is 2.56. The Hall–Kier alpha value is -0.900. The summed E-state index contributed by atoms with van der Waals surface area (Å²) < 4.78 is 5.30. The minimum absolute atomic E-state index is 0.408. The number of nitrogens with zero attached hydrogens (tertiary/aromatic N) is 2. The zero-order valence-corrected chi connectivity index (χ0v) is 9.07. The molecule has 0 aliphatic heterocycles. The second kappa shape index (κ2) is 3.04. The SMILES string of the molecule is CC(N)(c1nc(C2CCC2)no1)C1CC1. The molecule has 1 aromatic rings. The molecule has 2 saturated carbocycles. The molecule has 0 radical (unpaired) electrons. The van der Waals surface area contributed by atoms with E-state index in [1.54, 1.807) is 0 Å². The van der Waals surface area contributed by atoms with E-state index in [9.17, 15) is 0 Å². The predicted octanol–water partition coefficient (Wildman–Crippen LogP) is 1.92. The molecule has 1 unspecified atom stereocenters. The van der Waals surface area contributed by atoms with Gasteiger partial charge in [-0.3, -0.25) is 0 Å². The van der Waals surface area contributed by atoms with Crippen LogP contribution in [-0.2, 0) is 5.54 Å². The Balaban J connectivity index is 1.82. The predicted molar refractivity (Wildman–Crippen MR) is 55.2 cm³/mol. The molecule has 2 N–H and O–H groups in total. The van der Waals surface area contributed by atoms with Gasteiger partial charge in [0.25, 0.3) is 0 Å². The standard InChI is InChI=1S/C11H17N3O/c1-11(12,8-5-6-8)10-13-9(14-15-10)7-3-2-4-7/h7-8H,2-6,12H2,1H3. The first-order valence-electron chi connectivity index (χ1n) is 5.81. The van der Waals surface area contributed by atoms with Gasteiger partial charge < -0.3 is 10.3 Å². The molecule has 0 saturated heterocycles. The number of hydrogen-bond donors (Lipinski definition) is 1. The summed E-state index contributed by atoms with van der Waals surface area (Å²) in [7, 11) is 0. The average Bonchev–Trinajstić information content (AvgIpc) is 2.85. The van der Waals surface area contributed by atoms with Gasteiger partial charge in [-0.15, -0.1) is 0 Å². The van der Waals surface area contributed by atoms with Crippen molar-refractivity contribution in [2.24, 2.45) is 11.7 Å². The van der Waals surface area contributed by atoms with Crippen LogP contribution in [0.15, 0.2) is 4.52 Å². The van der Waals surface area contributed by atoms with E-state index < -0.39 is 5.54 Å². The van der Waals surface area contributed by atoms with E-state index in [1.165, 1.54) is 32.1 Å². The van der Waals surface area contributed by atoms with E-state index in [4.69, 9.17) is 10.3 Å². The van der Waals surface area contributed by atoms with E-state index in [0.717, 1.165) is 5.82 Å². The fourth-order valence-corrected chi connectivity index (χ4v) is 2.14. The lowest BCUT2D eigenvalue weighted by Crippen LogP contribution is -2.35. The van der Waals surface area contributed by atoms with E-state index in [1.807, 2.05) is 6.92 Å². The number of hydrogen-bond acceptors (Lipinski definition) is 4. The van der Waals surface area contributed by atoms with Crippen LogP contribution in [0, 0.1) is 5.92 Å². The van der Waals surface area contributed by atoms with Gasteiger partial charge in [0.2, 0.25) is 5.89 Å². The molecule has 2 aliphatic rings. The van der Waals surface area contributed by atoms with Gasteiger partial charge in [-0.1, -0.05) is 11.6 Å². The highest BCUT2D eigenvalue weighted by molar-refractivity contribution is 5.09. The summed E-state index contributed by atoms with van der Waals surface area (Å²) in [5.41, 5.74) is 5.81.